The first-order valence-corrected chi connectivity index (χ1v) is 9.12. The average Bonchev–Trinajstić information content (AvgIpc) is 3.09. The van der Waals surface area contributed by atoms with Crippen LogP contribution in [-0.4, -0.2) is 29.7 Å². The molecule has 0 aliphatic carbocycles. The number of allylic oxidation sites excluding steroid dienone is 1. The van der Waals surface area contributed by atoms with Gasteiger partial charge in [0.25, 0.3) is 0 Å². The minimum Gasteiger partial charge on any atom is -0.342 e. The van der Waals surface area contributed by atoms with Crippen LogP contribution < -0.4 is 16.0 Å². The summed E-state index contributed by atoms with van der Waals surface area (Å²) >= 11 is 0. The van der Waals surface area contributed by atoms with Crippen LogP contribution in [0.3, 0.4) is 0 Å². The lowest BCUT2D eigenvalue weighted by molar-refractivity contribution is 0.815. The fraction of sp³-hybridized carbons (Fsp3) is 0.333. The van der Waals surface area contributed by atoms with Gasteiger partial charge in [-0.15, -0.1) is 0 Å². The molecule has 0 aliphatic heterocycles. The maximum Gasteiger partial charge on any atom is 0.126 e. The Bertz CT molecular complexity index is 840. The Labute approximate surface area is 162 Å². The van der Waals surface area contributed by atoms with Gasteiger partial charge in [-0.2, -0.15) is 5.10 Å². The molecule has 0 unspecified atom stereocenters. The molecule has 0 bridgehead atoms. The zero-order chi connectivity index (χ0) is 19.8. The molecular weight excluding hydrogens is 336 g/mol. The fourth-order valence-electron chi connectivity index (χ4n) is 2.73. The molecule has 1 aromatic carbocycles. The zero-order valence-electron chi connectivity index (χ0n) is 16.9. The number of hydrogen-bond acceptors (Lipinski definition) is 4. The summed E-state index contributed by atoms with van der Waals surface area (Å²) < 4.78 is 1.93. The molecule has 144 valence electrons. The highest BCUT2D eigenvalue weighted by Gasteiger charge is 2.08. The van der Waals surface area contributed by atoms with E-state index in [0.29, 0.717) is 5.82 Å². The third-order valence-corrected chi connectivity index (χ3v) is 3.97. The maximum absolute atomic E-state index is 4.51. The number of nitrogens with one attached hydrogen (secondary N) is 3. The second kappa shape index (κ2) is 9.73. The molecule has 1 heterocycles. The summed E-state index contributed by atoms with van der Waals surface area (Å²) in [6.45, 7) is 11.1. The Balaban J connectivity index is 2.21. The van der Waals surface area contributed by atoms with Crippen molar-refractivity contribution >= 4 is 11.5 Å². The second-order valence-corrected chi connectivity index (χ2v) is 6.58. The zero-order valence-corrected chi connectivity index (χ0v) is 16.9. The van der Waals surface area contributed by atoms with Gasteiger partial charge in [0.05, 0.1) is 11.9 Å². The van der Waals surface area contributed by atoms with Crippen LogP contribution in [0.2, 0.25) is 0 Å². The summed E-state index contributed by atoms with van der Waals surface area (Å²) in [4.78, 5) is 4.23. The summed E-state index contributed by atoms with van der Waals surface area (Å²) in [6, 6.07) is 6.26. The molecule has 0 amide bonds. The van der Waals surface area contributed by atoms with E-state index in [1.54, 1.807) is 7.05 Å². The summed E-state index contributed by atoms with van der Waals surface area (Å²) in [5.41, 5.74) is 5.55. The highest BCUT2D eigenvalue weighted by molar-refractivity contribution is 5.94. The normalized spacial score (nSPS) is 11.2. The number of amidine groups is 1. The van der Waals surface area contributed by atoms with E-state index in [4.69, 9.17) is 0 Å². The van der Waals surface area contributed by atoms with Crippen molar-refractivity contribution in [3.05, 3.63) is 65.8 Å². The maximum atomic E-state index is 4.51. The van der Waals surface area contributed by atoms with Crippen LogP contribution in [-0.2, 0) is 13.0 Å². The van der Waals surface area contributed by atoms with Gasteiger partial charge in [-0.05, 0) is 51.1 Å². The van der Waals surface area contributed by atoms with Crippen molar-refractivity contribution in [3.8, 4) is 5.69 Å². The number of nitrogens with zero attached hydrogens (tertiary/aromatic N) is 3. The minimum absolute atomic E-state index is 0.666. The van der Waals surface area contributed by atoms with Crippen LogP contribution >= 0.6 is 0 Å². The summed E-state index contributed by atoms with van der Waals surface area (Å²) in [5, 5.41) is 14.2. The van der Waals surface area contributed by atoms with E-state index in [9.17, 15) is 0 Å². The molecule has 2 aromatic rings. The predicted molar refractivity (Wildman–Crippen MR) is 114 cm³/mol. The van der Waals surface area contributed by atoms with Crippen LogP contribution in [0, 0.1) is 0 Å². The van der Waals surface area contributed by atoms with E-state index in [2.05, 4.69) is 63.9 Å². The lowest BCUT2D eigenvalue weighted by Gasteiger charge is -2.15. The third kappa shape index (κ3) is 5.82. The number of aryl methyl sites for hydroxylation is 1. The van der Waals surface area contributed by atoms with Crippen LogP contribution in [0.15, 0.2) is 59.6 Å². The molecule has 6 nitrogen and oxygen atoms in total. The van der Waals surface area contributed by atoms with Gasteiger partial charge in [-0.3, -0.25) is 4.99 Å². The highest BCUT2D eigenvalue weighted by Crippen LogP contribution is 2.21. The number of aromatic nitrogens is 2. The van der Waals surface area contributed by atoms with Crippen molar-refractivity contribution in [2.24, 2.45) is 4.99 Å². The third-order valence-electron chi connectivity index (χ3n) is 3.97. The number of benzene rings is 1. The van der Waals surface area contributed by atoms with Crippen molar-refractivity contribution in [3.63, 3.8) is 0 Å². The minimum atomic E-state index is 0.666. The monoisotopic (exact) mass is 366 g/mol. The average molecular weight is 367 g/mol. The largest absolute Gasteiger partial charge is 0.342 e. The van der Waals surface area contributed by atoms with Gasteiger partial charge in [-0.25, -0.2) is 4.68 Å². The smallest absolute Gasteiger partial charge is 0.126 e. The Morgan fingerprint density at radius 1 is 1.33 bits per heavy atom. The SMILES string of the molecule is C=C(NC(C=C(C)C)=NC)Nc1ccc(CC)c(-n2cc(CNC)cn2)c1. The summed E-state index contributed by atoms with van der Waals surface area (Å²) in [5.74, 6) is 1.43. The molecule has 1 aromatic heterocycles. The molecule has 3 N–H and O–H groups in total. The van der Waals surface area contributed by atoms with Crippen molar-refractivity contribution in [2.45, 2.75) is 33.7 Å². The summed E-state index contributed by atoms with van der Waals surface area (Å²) in [6.07, 6.45) is 6.85. The van der Waals surface area contributed by atoms with Gasteiger partial charge < -0.3 is 16.0 Å². The van der Waals surface area contributed by atoms with Crippen molar-refractivity contribution in [1.82, 2.24) is 20.4 Å². The number of aliphatic imine (C=N–C) groups is 1. The first-order valence-electron chi connectivity index (χ1n) is 9.12. The second-order valence-electron chi connectivity index (χ2n) is 6.58. The molecule has 27 heavy (non-hydrogen) atoms. The van der Waals surface area contributed by atoms with Crippen LogP contribution in [0.5, 0.6) is 0 Å². The Morgan fingerprint density at radius 2 is 2.11 bits per heavy atom. The fourth-order valence-corrected chi connectivity index (χ4v) is 2.73. The van der Waals surface area contributed by atoms with Crippen molar-refractivity contribution in [1.29, 1.82) is 0 Å². The van der Waals surface area contributed by atoms with Crippen LogP contribution in [0.25, 0.3) is 5.69 Å². The molecule has 2 rings (SSSR count). The van der Waals surface area contributed by atoms with E-state index in [0.717, 1.165) is 35.7 Å². The molecule has 0 spiro atoms. The van der Waals surface area contributed by atoms with Gasteiger partial charge in [-0.1, -0.05) is 25.1 Å². The number of anilines is 1. The molecule has 0 radical (unpaired) electrons. The van der Waals surface area contributed by atoms with E-state index < -0.39 is 0 Å². The van der Waals surface area contributed by atoms with E-state index in [-0.39, 0.29) is 0 Å². The molecular formula is C21H30N6. The topological polar surface area (TPSA) is 66.3 Å². The summed E-state index contributed by atoms with van der Waals surface area (Å²) in [7, 11) is 3.69. The molecule has 0 saturated heterocycles. The van der Waals surface area contributed by atoms with Gasteiger partial charge in [0, 0.05) is 31.0 Å². The van der Waals surface area contributed by atoms with E-state index >= 15 is 0 Å². The first kappa shape index (κ1) is 20.5. The van der Waals surface area contributed by atoms with Gasteiger partial charge in [0.1, 0.15) is 11.7 Å². The lowest BCUT2D eigenvalue weighted by Crippen LogP contribution is -2.25. The van der Waals surface area contributed by atoms with Crippen molar-refractivity contribution < 1.29 is 0 Å². The highest BCUT2D eigenvalue weighted by atomic mass is 15.3. The molecule has 0 saturated carbocycles. The molecule has 6 heteroatoms. The van der Waals surface area contributed by atoms with Gasteiger partial charge in [0.15, 0.2) is 0 Å². The van der Waals surface area contributed by atoms with Crippen molar-refractivity contribution in [2.75, 3.05) is 19.4 Å². The quantitative estimate of drug-likeness (QED) is 0.493. The number of hydrogen-bond donors (Lipinski definition) is 3. The van der Waals surface area contributed by atoms with Crippen LogP contribution in [0.1, 0.15) is 31.9 Å². The molecule has 0 fully saturated rings. The standard InChI is InChI=1S/C21H30N6/c1-7-18-8-9-19(25-16(4)26-21(23-6)10-15(2)3)11-20(18)27-14-17(12-22-5)13-24-27/h8-11,13-14,22,25H,4,7,12H2,1-3,5-6H3,(H,23,26). The lowest BCUT2D eigenvalue weighted by atomic mass is 10.1. The molecule has 0 aliphatic rings. The Kier molecular flexibility index (Phi) is 7.37. The van der Waals surface area contributed by atoms with Gasteiger partial charge in [0.2, 0.25) is 0 Å². The predicted octanol–water partition coefficient (Wildman–Crippen LogP) is 3.62. The van der Waals surface area contributed by atoms with Crippen LogP contribution in [0.4, 0.5) is 5.69 Å². The Hall–Kier alpha value is -2.86. The van der Waals surface area contributed by atoms with E-state index in [1.165, 1.54) is 11.1 Å². The van der Waals surface area contributed by atoms with Gasteiger partial charge >= 0.3 is 0 Å². The number of rotatable bonds is 8. The molecule has 0 atom stereocenters. The Morgan fingerprint density at radius 3 is 2.74 bits per heavy atom. The first-order chi connectivity index (χ1) is 13.0. The van der Waals surface area contributed by atoms with E-state index in [1.807, 2.05) is 37.8 Å².